The van der Waals surface area contributed by atoms with Crippen molar-refractivity contribution in [3.8, 4) is 28.7 Å². The van der Waals surface area contributed by atoms with Gasteiger partial charge in [-0.3, -0.25) is 4.90 Å². The summed E-state index contributed by atoms with van der Waals surface area (Å²) in [5.74, 6) is 1.02. The monoisotopic (exact) mass is 924 g/mol. The minimum atomic E-state index is -1.49. The molecule has 0 spiro atoms. The predicted molar refractivity (Wildman–Crippen MR) is 252 cm³/mol. The summed E-state index contributed by atoms with van der Waals surface area (Å²) in [7, 11) is 0. The van der Waals surface area contributed by atoms with E-state index in [4.69, 9.17) is 43.2 Å². The average molecular weight is 925 g/mol. The number of carbonyl (C=O) groups is 1. The molecule has 1 amide bonds. The number of rotatable bonds is 22. The Labute approximate surface area is 392 Å². The maximum absolute atomic E-state index is 14.9. The van der Waals surface area contributed by atoms with E-state index in [1.807, 2.05) is 60.9 Å². The van der Waals surface area contributed by atoms with Crippen LogP contribution in [0.4, 0.5) is 4.79 Å². The molecular weight excluding hydrogens is 861 g/mol. The second-order valence-electron chi connectivity index (χ2n) is 17.5. The van der Waals surface area contributed by atoms with Crippen LogP contribution in [0.3, 0.4) is 0 Å². The lowest BCUT2D eigenvalue weighted by Crippen LogP contribution is -2.70. The molecule has 354 valence electrons. The molecule has 1 saturated heterocycles. The van der Waals surface area contributed by atoms with Crippen LogP contribution in [0, 0.1) is 17.8 Å². The third-order valence-electron chi connectivity index (χ3n) is 13.3. The van der Waals surface area contributed by atoms with Crippen LogP contribution in [0.1, 0.15) is 87.7 Å². The van der Waals surface area contributed by atoms with E-state index in [0.29, 0.717) is 66.7 Å². The lowest BCUT2D eigenvalue weighted by molar-refractivity contribution is -0.256. The van der Waals surface area contributed by atoms with Crippen molar-refractivity contribution in [3.05, 3.63) is 109 Å². The first-order chi connectivity index (χ1) is 32.4. The summed E-state index contributed by atoms with van der Waals surface area (Å²) in [6.07, 6.45) is 14.6. The van der Waals surface area contributed by atoms with Gasteiger partial charge in [-0.25, -0.2) is 4.79 Å². The number of aliphatic hydroxyl groups is 2. The van der Waals surface area contributed by atoms with Crippen molar-refractivity contribution < 1.29 is 53.0 Å². The Morgan fingerprint density at radius 3 is 2.48 bits per heavy atom. The highest BCUT2D eigenvalue weighted by Crippen LogP contribution is 2.62. The zero-order valence-corrected chi connectivity index (χ0v) is 38.8. The maximum atomic E-state index is 14.9. The number of amides is 1. The highest BCUT2D eigenvalue weighted by atomic mass is 32.2. The summed E-state index contributed by atoms with van der Waals surface area (Å²) < 4.78 is 44.7. The van der Waals surface area contributed by atoms with Gasteiger partial charge in [0.1, 0.15) is 23.3 Å². The molecule has 66 heavy (non-hydrogen) atoms. The van der Waals surface area contributed by atoms with Crippen molar-refractivity contribution in [2.45, 2.75) is 106 Å². The van der Waals surface area contributed by atoms with Crippen LogP contribution in [0.2, 0.25) is 0 Å². The number of carbonyl (C=O) groups excluding carboxylic acids is 1. The Hall–Kier alpha value is -4.99. The molecule has 14 heteroatoms. The first-order valence-electron chi connectivity index (χ1n) is 23.5. The minimum Gasteiger partial charge on any atom is -0.459 e. The van der Waals surface area contributed by atoms with Gasteiger partial charge in [-0.2, -0.15) is 0 Å². The van der Waals surface area contributed by atoms with Crippen LogP contribution in [0.5, 0.6) is 28.7 Å². The Balaban J connectivity index is 1.32. The van der Waals surface area contributed by atoms with E-state index in [2.05, 4.69) is 25.3 Å². The van der Waals surface area contributed by atoms with Gasteiger partial charge < -0.3 is 48.2 Å². The number of benzene rings is 3. The molecule has 3 aliphatic heterocycles. The van der Waals surface area contributed by atoms with Gasteiger partial charge in [-0.15, -0.1) is 24.9 Å². The second-order valence-corrected chi connectivity index (χ2v) is 18.3. The number of oxime groups is 1. The molecule has 13 nitrogen and oxygen atoms in total. The van der Waals surface area contributed by atoms with E-state index in [9.17, 15) is 15.0 Å². The van der Waals surface area contributed by atoms with Crippen LogP contribution in [-0.4, -0.2) is 91.1 Å². The minimum absolute atomic E-state index is 0.0268. The van der Waals surface area contributed by atoms with Crippen LogP contribution in [0.15, 0.2) is 108 Å². The number of aliphatic hydroxyl groups excluding tert-OH is 2. The van der Waals surface area contributed by atoms with Gasteiger partial charge >= 0.3 is 6.09 Å². The number of hydrogen-bond acceptors (Lipinski definition) is 13. The summed E-state index contributed by atoms with van der Waals surface area (Å²) in [6.45, 7) is 9.17. The SMILES string of the molecule is C=CCCOC(=O)N(Cc1ccc2c(c1)OCO2)[C@H]1CC(=NOC2CCCCO2)C2=C[C@H](CCCCO)[C@@H](CCCCO)[C@@H]3c4cc(Oc5ccc(SC)cc5)ccc4O[C@@]1(OCC=C)[C@H]23. The summed E-state index contributed by atoms with van der Waals surface area (Å²) in [4.78, 5) is 24.0. The van der Waals surface area contributed by atoms with Gasteiger partial charge in [0.05, 0.1) is 31.5 Å². The van der Waals surface area contributed by atoms with Crippen molar-refractivity contribution >= 4 is 23.6 Å². The molecule has 3 heterocycles. The van der Waals surface area contributed by atoms with Gasteiger partial charge in [0, 0.05) is 49.0 Å². The molecular formula is C52H64N2O11S. The number of ether oxygens (including phenoxy) is 7. The van der Waals surface area contributed by atoms with Crippen molar-refractivity contribution in [1.29, 1.82) is 0 Å². The van der Waals surface area contributed by atoms with Crippen LogP contribution in [-0.2, 0) is 25.6 Å². The smallest absolute Gasteiger partial charge is 0.410 e. The molecule has 2 aliphatic carbocycles. The number of thioether (sulfide) groups is 1. The summed E-state index contributed by atoms with van der Waals surface area (Å²) in [5, 5.41) is 25.0. The molecule has 3 aromatic carbocycles. The highest BCUT2D eigenvalue weighted by molar-refractivity contribution is 7.98. The van der Waals surface area contributed by atoms with Gasteiger partial charge in [0.2, 0.25) is 18.9 Å². The molecule has 5 aliphatic rings. The molecule has 1 unspecified atom stereocenters. The van der Waals surface area contributed by atoms with Crippen LogP contribution < -0.4 is 18.9 Å². The number of hydrogen-bond donors (Lipinski definition) is 2. The molecule has 0 radical (unpaired) electrons. The highest BCUT2D eigenvalue weighted by Gasteiger charge is 2.66. The molecule has 3 aromatic rings. The third-order valence-corrected chi connectivity index (χ3v) is 14.0. The van der Waals surface area contributed by atoms with E-state index in [-0.39, 0.29) is 63.9 Å². The molecule has 0 aromatic heterocycles. The third kappa shape index (κ3) is 10.6. The molecule has 7 atom stereocenters. The Morgan fingerprint density at radius 2 is 1.73 bits per heavy atom. The van der Waals surface area contributed by atoms with Crippen molar-refractivity contribution in [1.82, 2.24) is 4.90 Å². The van der Waals surface area contributed by atoms with E-state index >= 15 is 0 Å². The lowest BCUT2D eigenvalue weighted by atomic mass is 9.55. The standard InChI is InChI=1S/C52H64N2O11S/c1-4-6-27-59-51(57)54(33-35-16-22-45-46(29-35)61-34-60-45)47-32-43(53-65-48-15-9-12-28-58-48)41-30-36(13-7-10-24-55)40(14-8-11-25-56)49-42-31-38(63-37-17-20-39(66-3)21-18-37)19-23-44(42)64-52(47,50(41)49)62-26-5-2/h4-5,16-23,29-31,36,40,47-50,55-56H,1-2,6-15,24-28,32-34H2,3H3/t36-,40+,47-,48?,49+,50+,52+/m0/s1. The number of nitrogens with zero attached hydrogens (tertiary/aromatic N) is 2. The fourth-order valence-electron chi connectivity index (χ4n) is 10.3. The Kier molecular flexibility index (Phi) is 16.3. The average Bonchev–Trinajstić information content (AvgIpc) is 3.82. The maximum Gasteiger partial charge on any atom is 0.410 e. The quantitative estimate of drug-likeness (QED) is 0.0428. The lowest BCUT2D eigenvalue weighted by Gasteiger charge is -2.59. The van der Waals surface area contributed by atoms with E-state index in [0.717, 1.165) is 60.1 Å². The summed E-state index contributed by atoms with van der Waals surface area (Å²) >= 11 is 1.67. The first-order valence-corrected chi connectivity index (χ1v) is 24.7. The molecule has 0 bridgehead atoms. The Bertz CT molecular complexity index is 2190. The van der Waals surface area contributed by atoms with Gasteiger partial charge in [0.15, 0.2) is 11.5 Å². The Morgan fingerprint density at radius 1 is 0.939 bits per heavy atom. The fraction of sp³-hybridized carbons (Fsp3) is 0.500. The normalized spacial score (nSPS) is 25.4. The van der Waals surface area contributed by atoms with Gasteiger partial charge in [-0.1, -0.05) is 42.3 Å². The largest absolute Gasteiger partial charge is 0.459 e. The van der Waals surface area contributed by atoms with Crippen molar-refractivity contribution in [3.63, 3.8) is 0 Å². The topological polar surface area (TPSA) is 147 Å². The van der Waals surface area contributed by atoms with E-state index < -0.39 is 30.1 Å². The number of fused-ring (bicyclic) bond motifs is 3. The molecule has 2 N–H and O–H groups in total. The summed E-state index contributed by atoms with van der Waals surface area (Å²) in [6, 6.07) is 18.8. The van der Waals surface area contributed by atoms with E-state index in [1.54, 1.807) is 28.8 Å². The zero-order chi connectivity index (χ0) is 45.9. The van der Waals surface area contributed by atoms with Gasteiger partial charge in [0.25, 0.3) is 0 Å². The molecule has 8 rings (SSSR count). The predicted octanol–water partition coefficient (Wildman–Crippen LogP) is 10.3. The molecule has 1 saturated carbocycles. The first kappa shape index (κ1) is 47.5. The fourth-order valence-corrected chi connectivity index (χ4v) is 10.7. The number of unbranched alkanes of at least 4 members (excludes halogenated alkanes) is 2. The number of allylic oxidation sites excluding steroid dienone is 1. The zero-order valence-electron chi connectivity index (χ0n) is 38.0. The second kappa shape index (κ2) is 22.7. The van der Waals surface area contributed by atoms with Crippen LogP contribution in [0.25, 0.3) is 0 Å². The van der Waals surface area contributed by atoms with Crippen LogP contribution >= 0.6 is 11.8 Å². The summed E-state index contributed by atoms with van der Waals surface area (Å²) in [5.41, 5.74) is 3.34. The van der Waals surface area contributed by atoms with Gasteiger partial charge in [-0.05, 0) is 129 Å². The van der Waals surface area contributed by atoms with Crippen molar-refractivity contribution in [2.75, 3.05) is 46.1 Å². The molecule has 2 fully saturated rings. The van der Waals surface area contributed by atoms with Crippen molar-refractivity contribution in [2.24, 2.45) is 22.9 Å². The van der Waals surface area contributed by atoms with E-state index in [1.165, 1.54) is 0 Å².